The van der Waals surface area contributed by atoms with Crippen molar-refractivity contribution in [3.05, 3.63) is 84.6 Å². The van der Waals surface area contributed by atoms with E-state index in [0.29, 0.717) is 5.69 Å². The quantitative estimate of drug-likeness (QED) is 0.445. The minimum absolute atomic E-state index is 0.149. The lowest BCUT2D eigenvalue weighted by atomic mass is 10.0. The van der Waals surface area contributed by atoms with Crippen molar-refractivity contribution in [2.24, 2.45) is 0 Å². The summed E-state index contributed by atoms with van der Waals surface area (Å²) < 4.78 is 0. The molecular weight excluding hydrogens is 390 g/mol. The van der Waals surface area contributed by atoms with Gasteiger partial charge in [0.25, 0.3) is 0 Å². The summed E-state index contributed by atoms with van der Waals surface area (Å²) in [6.45, 7) is 1.96. The smallest absolute Gasteiger partial charge is 0.337 e. The molecule has 150 valence electrons. The van der Waals surface area contributed by atoms with Gasteiger partial charge in [-0.2, -0.15) is 0 Å². The molecule has 7 heteroatoms. The number of pyridine rings is 3. The Morgan fingerprint density at radius 1 is 0.903 bits per heavy atom. The summed E-state index contributed by atoms with van der Waals surface area (Å²) in [6.07, 6.45) is 4.76. The molecule has 0 spiro atoms. The predicted octanol–water partition coefficient (Wildman–Crippen LogP) is 4.76. The monoisotopic (exact) mass is 407 g/mol. The molecule has 4 aromatic heterocycles. The van der Waals surface area contributed by atoms with Crippen LogP contribution in [0.3, 0.4) is 0 Å². The van der Waals surface area contributed by atoms with Crippen LogP contribution >= 0.6 is 0 Å². The minimum Gasteiger partial charge on any atom is -0.478 e. The molecule has 5 aromatic rings. The van der Waals surface area contributed by atoms with Gasteiger partial charge in [-0.05, 0) is 49.4 Å². The maximum atomic E-state index is 11.1. The van der Waals surface area contributed by atoms with Gasteiger partial charge in [0.05, 0.1) is 40.2 Å². The Morgan fingerprint density at radius 2 is 1.77 bits per heavy atom. The summed E-state index contributed by atoms with van der Waals surface area (Å²) in [4.78, 5) is 32.2. The van der Waals surface area contributed by atoms with Crippen LogP contribution < -0.4 is 0 Å². The first-order valence-corrected chi connectivity index (χ1v) is 9.66. The summed E-state index contributed by atoms with van der Waals surface area (Å²) in [7, 11) is 0. The third-order valence-corrected chi connectivity index (χ3v) is 5.04. The highest BCUT2D eigenvalue weighted by Crippen LogP contribution is 2.31. The summed E-state index contributed by atoms with van der Waals surface area (Å²) in [5.74, 6) is -1.00. The van der Waals surface area contributed by atoms with Gasteiger partial charge in [0.1, 0.15) is 0 Å². The summed E-state index contributed by atoms with van der Waals surface area (Å²) in [6, 6.07) is 17.1. The van der Waals surface area contributed by atoms with E-state index in [-0.39, 0.29) is 5.56 Å². The zero-order valence-electron chi connectivity index (χ0n) is 16.6. The Kier molecular flexibility index (Phi) is 4.48. The van der Waals surface area contributed by atoms with Crippen LogP contribution in [-0.2, 0) is 0 Å². The number of hydrogen-bond donors (Lipinski definition) is 2. The molecule has 0 aliphatic heterocycles. The number of hydrogen-bond acceptors (Lipinski definition) is 5. The highest BCUT2D eigenvalue weighted by atomic mass is 16.4. The van der Waals surface area contributed by atoms with Gasteiger partial charge in [-0.1, -0.05) is 12.1 Å². The molecule has 1 aromatic carbocycles. The molecule has 0 aliphatic rings. The first kappa shape index (κ1) is 18.6. The number of aromatic amines is 1. The number of imidazole rings is 1. The molecule has 0 unspecified atom stereocenters. The van der Waals surface area contributed by atoms with E-state index in [1.165, 1.54) is 12.3 Å². The van der Waals surface area contributed by atoms with E-state index >= 15 is 0 Å². The maximum Gasteiger partial charge on any atom is 0.337 e. The van der Waals surface area contributed by atoms with E-state index in [1.807, 2.05) is 49.4 Å². The number of aromatic nitrogens is 5. The van der Waals surface area contributed by atoms with Crippen molar-refractivity contribution in [3.8, 4) is 33.9 Å². The number of aryl methyl sites for hydroxylation is 1. The molecule has 2 N–H and O–H groups in total. The van der Waals surface area contributed by atoms with Gasteiger partial charge in [-0.15, -0.1) is 0 Å². The number of carboxylic acids is 1. The predicted molar refractivity (Wildman–Crippen MR) is 117 cm³/mol. The second kappa shape index (κ2) is 7.46. The highest BCUT2D eigenvalue weighted by molar-refractivity contribution is 5.90. The molecule has 7 nitrogen and oxygen atoms in total. The Bertz CT molecular complexity index is 1420. The Balaban J connectivity index is 1.56. The number of H-pyrrole nitrogens is 1. The van der Waals surface area contributed by atoms with Gasteiger partial charge in [0.2, 0.25) is 0 Å². The van der Waals surface area contributed by atoms with E-state index < -0.39 is 5.97 Å². The van der Waals surface area contributed by atoms with E-state index in [1.54, 1.807) is 18.6 Å². The van der Waals surface area contributed by atoms with Crippen LogP contribution in [0.2, 0.25) is 0 Å². The Hall–Kier alpha value is -4.39. The van der Waals surface area contributed by atoms with Crippen LogP contribution in [0, 0.1) is 6.92 Å². The van der Waals surface area contributed by atoms with Crippen LogP contribution in [0.25, 0.3) is 44.8 Å². The van der Waals surface area contributed by atoms with Gasteiger partial charge in [0, 0.05) is 34.6 Å². The average molecular weight is 407 g/mol. The zero-order valence-corrected chi connectivity index (χ0v) is 16.6. The number of nitrogens with one attached hydrogen (secondary N) is 1. The molecule has 0 amide bonds. The molecule has 0 atom stereocenters. The van der Waals surface area contributed by atoms with E-state index in [9.17, 15) is 4.79 Å². The van der Waals surface area contributed by atoms with Crippen molar-refractivity contribution in [2.75, 3.05) is 0 Å². The molecule has 0 radical (unpaired) electrons. The van der Waals surface area contributed by atoms with Crippen LogP contribution in [0.15, 0.2) is 73.3 Å². The lowest BCUT2D eigenvalue weighted by molar-refractivity contribution is 0.0696. The number of carboxylic acid groups (broad SMARTS) is 1. The van der Waals surface area contributed by atoms with E-state index in [0.717, 1.165) is 44.8 Å². The van der Waals surface area contributed by atoms with Crippen molar-refractivity contribution in [2.45, 2.75) is 6.92 Å². The van der Waals surface area contributed by atoms with Crippen molar-refractivity contribution in [1.29, 1.82) is 0 Å². The van der Waals surface area contributed by atoms with Gasteiger partial charge < -0.3 is 10.1 Å². The largest absolute Gasteiger partial charge is 0.478 e. The topological polar surface area (TPSA) is 105 Å². The van der Waals surface area contributed by atoms with Gasteiger partial charge >= 0.3 is 5.97 Å². The molecule has 0 bridgehead atoms. The Labute approximate surface area is 177 Å². The highest BCUT2D eigenvalue weighted by Gasteiger charge is 2.13. The van der Waals surface area contributed by atoms with Crippen molar-refractivity contribution < 1.29 is 9.90 Å². The fraction of sp³-hybridized carbons (Fsp3) is 0.0417. The van der Waals surface area contributed by atoms with Gasteiger partial charge in [-0.3, -0.25) is 15.0 Å². The third kappa shape index (κ3) is 3.53. The molecule has 5 rings (SSSR count). The molecule has 0 fully saturated rings. The number of fused-ring (bicyclic) bond motifs is 1. The number of aromatic carboxylic acids is 1. The van der Waals surface area contributed by atoms with Crippen molar-refractivity contribution in [3.63, 3.8) is 0 Å². The maximum absolute atomic E-state index is 11.1. The number of benzene rings is 1. The molecule has 31 heavy (non-hydrogen) atoms. The normalized spacial score (nSPS) is 11.0. The van der Waals surface area contributed by atoms with Gasteiger partial charge in [0.15, 0.2) is 0 Å². The van der Waals surface area contributed by atoms with Crippen molar-refractivity contribution >= 4 is 16.9 Å². The van der Waals surface area contributed by atoms with E-state index in [4.69, 9.17) is 5.11 Å². The summed E-state index contributed by atoms with van der Waals surface area (Å²) in [5, 5.41) is 10.00. The summed E-state index contributed by atoms with van der Waals surface area (Å²) >= 11 is 0. The Morgan fingerprint density at radius 3 is 2.55 bits per heavy atom. The van der Waals surface area contributed by atoms with Crippen LogP contribution in [0.5, 0.6) is 0 Å². The van der Waals surface area contributed by atoms with Gasteiger partial charge in [-0.25, -0.2) is 9.78 Å². The molecule has 4 heterocycles. The fourth-order valence-corrected chi connectivity index (χ4v) is 3.50. The molecule has 0 saturated heterocycles. The first-order valence-electron chi connectivity index (χ1n) is 9.66. The standard InChI is InChI=1S/C24H17N5O2/c1-14-3-2-4-21(29-14)23-22(27-13-28-23)15-5-7-19-17(9-15)10-18(12-26-19)20-8-6-16(11-25-20)24(30)31/h2-13H,1H3,(H,27,28)(H,30,31). The fourth-order valence-electron chi connectivity index (χ4n) is 3.50. The average Bonchev–Trinajstić information content (AvgIpc) is 3.28. The number of nitrogens with zero attached hydrogens (tertiary/aromatic N) is 4. The third-order valence-electron chi connectivity index (χ3n) is 5.04. The SMILES string of the molecule is Cc1cccc(-c2[nH]cnc2-c2ccc3ncc(-c4ccc(C(=O)O)cn4)cc3c2)n1. The van der Waals surface area contributed by atoms with Crippen LogP contribution in [-0.4, -0.2) is 36.0 Å². The number of rotatable bonds is 4. The minimum atomic E-state index is -1.00. The molecule has 0 aliphatic carbocycles. The zero-order chi connectivity index (χ0) is 21.4. The number of carbonyl (C=O) groups is 1. The lowest BCUT2D eigenvalue weighted by Gasteiger charge is -2.07. The first-order chi connectivity index (χ1) is 15.1. The van der Waals surface area contributed by atoms with Crippen LogP contribution in [0.4, 0.5) is 0 Å². The second-order valence-corrected chi connectivity index (χ2v) is 7.16. The van der Waals surface area contributed by atoms with Crippen LogP contribution in [0.1, 0.15) is 16.1 Å². The molecular formula is C24H17N5O2. The second-order valence-electron chi connectivity index (χ2n) is 7.16. The molecule has 0 saturated carbocycles. The summed E-state index contributed by atoms with van der Waals surface area (Å²) in [5.41, 5.74) is 6.86. The van der Waals surface area contributed by atoms with E-state index in [2.05, 4.69) is 24.9 Å². The lowest BCUT2D eigenvalue weighted by Crippen LogP contribution is -1.97. The van der Waals surface area contributed by atoms with Crippen molar-refractivity contribution in [1.82, 2.24) is 24.9 Å².